The van der Waals surface area contributed by atoms with Gasteiger partial charge in [0.1, 0.15) is 0 Å². The van der Waals surface area contributed by atoms with Crippen molar-refractivity contribution in [2.45, 2.75) is 13.1 Å². The molecule has 1 aromatic heterocycles. The second-order valence-corrected chi connectivity index (χ2v) is 4.08. The molecule has 0 unspecified atom stereocenters. The molecule has 88 valence electrons. The van der Waals surface area contributed by atoms with Crippen molar-refractivity contribution in [1.29, 1.82) is 0 Å². The maximum Gasteiger partial charge on any atom is 0.231 e. The number of hydrogen-bond acceptors (Lipinski definition) is 3. The molecule has 0 atom stereocenters. The summed E-state index contributed by atoms with van der Waals surface area (Å²) < 4.78 is 12.7. The van der Waals surface area contributed by atoms with Crippen molar-refractivity contribution >= 4 is 0 Å². The van der Waals surface area contributed by atoms with Gasteiger partial charge >= 0.3 is 0 Å². The Morgan fingerprint density at radius 1 is 1.12 bits per heavy atom. The molecule has 17 heavy (non-hydrogen) atoms. The van der Waals surface area contributed by atoms with Crippen LogP contribution in [0, 0.1) is 0 Å². The third-order valence-corrected chi connectivity index (χ3v) is 2.85. The second-order valence-electron chi connectivity index (χ2n) is 4.08. The predicted molar refractivity (Wildman–Crippen MR) is 64.0 cm³/mol. The van der Waals surface area contributed by atoms with Crippen LogP contribution < -0.4 is 15.2 Å². The van der Waals surface area contributed by atoms with Gasteiger partial charge < -0.3 is 19.8 Å². The topological polar surface area (TPSA) is 49.4 Å². The van der Waals surface area contributed by atoms with Crippen LogP contribution in [-0.2, 0) is 13.1 Å². The van der Waals surface area contributed by atoms with E-state index in [1.165, 1.54) is 5.56 Å². The van der Waals surface area contributed by atoms with Gasteiger partial charge in [-0.1, -0.05) is 6.07 Å². The zero-order valence-corrected chi connectivity index (χ0v) is 9.43. The number of fused-ring (bicyclic) bond motifs is 1. The third kappa shape index (κ3) is 1.99. The van der Waals surface area contributed by atoms with E-state index in [2.05, 4.69) is 16.8 Å². The zero-order chi connectivity index (χ0) is 11.7. The quantitative estimate of drug-likeness (QED) is 0.873. The molecule has 3 rings (SSSR count). The summed E-state index contributed by atoms with van der Waals surface area (Å²) in [7, 11) is 0. The molecule has 1 aromatic carbocycles. The molecule has 2 aromatic rings. The highest BCUT2D eigenvalue weighted by Crippen LogP contribution is 2.32. The van der Waals surface area contributed by atoms with Crippen molar-refractivity contribution in [3.63, 3.8) is 0 Å². The molecular formula is C13H14N2O2. The van der Waals surface area contributed by atoms with Gasteiger partial charge in [0.15, 0.2) is 11.5 Å². The number of benzene rings is 1. The number of aromatic nitrogens is 1. The van der Waals surface area contributed by atoms with Gasteiger partial charge in [0.05, 0.1) is 0 Å². The Hall–Kier alpha value is -1.94. The fourth-order valence-electron chi connectivity index (χ4n) is 1.96. The van der Waals surface area contributed by atoms with Crippen LogP contribution in [0.5, 0.6) is 11.5 Å². The van der Waals surface area contributed by atoms with Crippen molar-refractivity contribution in [3.05, 3.63) is 47.8 Å². The summed E-state index contributed by atoms with van der Waals surface area (Å²) in [6.07, 6.45) is 4.09. The molecule has 4 nitrogen and oxygen atoms in total. The second kappa shape index (κ2) is 4.14. The zero-order valence-electron chi connectivity index (χ0n) is 9.43. The van der Waals surface area contributed by atoms with Gasteiger partial charge in [0.25, 0.3) is 0 Å². The molecule has 0 saturated carbocycles. The van der Waals surface area contributed by atoms with Gasteiger partial charge in [-0.2, -0.15) is 0 Å². The fraction of sp³-hybridized carbons (Fsp3) is 0.231. The summed E-state index contributed by atoms with van der Waals surface area (Å²) in [5.41, 5.74) is 7.91. The van der Waals surface area contributed by atoms with Crippen LogP contribution in [0.1, 0.15) is 11.1 Å². The Balaban J connectivity index is 1.80. The van der Waals surface area contributed by atoms with Gasteiger partial charge in [-0.05, 0) is 29.3 Å². The molecule has 1 aliphatic heterocycles. The molecule has 0 aliphatic carbocycles. The van der Waals surface area contributed by atoms with E-state index in [1.807, 2.05) is 24.4 Å². The first-order chi connectivity index (χ1) is 8.35. The fourth-order valence-corrected chi connectivity index (χ4v) is 1.96. The summed E-state index contributed by atoms with van der Waals surface area (Å²) in [4.78, 5) is 0. The minimum absolute atomic E-state index is 0.319. The lowest BCUT2D eigenvalue weighted by molar-refractivity contribution is 0.174. The third-order valence-electron chi connectivity index (χ3n) is 2.85. The van der Waals surface area contributed by atoms with Gasteiger partial charge in [-0.15, -0.1) is 0 Å². The van der Waals surface area contributed by atoms with E-state index >= 15 is 0 Å². The molecule has 1 aliphatic rings. The first kappa shape index (κ1) is 10.2. The van der Waals surface area contributed by atoms with Gasteiger partial charge in [-0.3, -0.25) is 0 Å². The number of ether oxygens (including phenoxy) is 2. The van der Waals surface area contributed by atoms with Crippen LogP contribution in [0.4, 0.5) is 0 Å². The smallest absolute Gasteiger partial charge is 0.231 e. The average Bonchev–Trinajstić information content (AvgIpc) is 2.96. The van der Waals surface area contributed by atoms with Gasteiger partial charge in [-0.25, -0.2) is 0 Å². The molecule has 0 amide bonds. The van der Waals surface area contributed by atoms with Crippen molar-refractivity contribution in [3.8, 4) is 11.5 Å². The van der Waals surface area contributed by atoms with E-state index in [9.17, 15) is 0 Å². The molecule has 4 heteroatoms. The van der Waals surface area contributed by atoms with Crippen LogP contribution in [0.15, 0.2) is 36.7 Å². The van der Waals surface area contributed by atoms with Crippen molar-refractivity contribution < 1.29 is 9.47 Å². The molecule has 0 saturated heterocycles. The van der Waals surface area contributed by atoms with Gasteiger partial charge in [0, 0.05) is 25.5 Å². The lowest BCUT2D eigenvalue weighted by Crippen LogP contribution is -1.98. The van der Waals surface area contributed by atoms with Crippen LogP contribution >= 0.6 is 0 Å². The van der Waals surface area contributed by atoms with Crippen LogP contribution in [-0.4, -0.2) is 11.4 Å². The Morgan fingerprint density at radius 2 is 2.00 bits per heavy atom. The number of nitrogens with zero attached hydrogens (tertiary/aromatic N) is 1. The maximum absolute atomic E-state index is 5.58. The maximum atomic E-state index is 5.58. The molecule has 2 heterocycles. The minimum Gasteiger partial charge on any atom is -0.454 e. The standard InChI is InChI=1S/C13H14N2O2/c14-6-11-3-4-15(8-11)7-10-1-2-12-13(5-10)17-9-16-12/h1-5,8H,6-7,9,14H2. The van der Waals surface area contributed by atoms with Crippen LogP contribution in [0.3, 0.4) is 0 Å². The highest BCUT2D eigenvalue weighted by Gasteiger charge is 2.13. The van der Waals surface area contributed by atoms with Crippen LogP contribution in [0.2, 0.25) is 0 Å². The molecule has 2 N–H and O–H groups in total. The van der Waals surface area contributed by atoms with E-state index in [-0.39, 0.29) is 0 Å². The highest BCUT2D eigenvalue weighted by atomic mass is 16.7. The largest absolute Gasteiger partial charge is 0.454 e. The van der Waals surface area contributed by atoms with E-state index in [0.29, 0.717) is 13.3 Å². The molecular weight excluding hydrogens is 216 g/mol. The van der Waals surface area contributed by atoms with Crippen molar-refractivity contribution in [2.75, 3.05) is 6.79 Å². The Labute approximate surface area is 99.6 Å². The van der Waals surface area contributed by atoms with E-state index in [4.69, 9.17) is 15.2 Å². The number of hydrogen-bond donors (Lipinski definition) is 1. The Morgan fingerprint density at radius 3 is 2.82 bits per heavy atom. The SMILES string of the molecule is NCc1ccn(Cc2ccc3c(c2)OCO3)c1. The van der Waals surface area contributed by atoms with E-state index in [1.54, 1.807) is 0 Å². The number of nitrogens with two attached hydrogens (primary N) is 1. The monoisotopic (exact) mass is 230 g/mol. The first-order valence-corrected chi connectivity index (χ1v) is 5.58. The highest BCUT2D eigenvalue weighted by molar-refractivity contribution is 5.44. The van der Waals surface area contributed by atoms with E-state index in [0.717, 1.165) is 23.6 Å². The summed E-state index contributed by atoms with van der Waals surface area (Å²) in [5.74, 6) is 1.65. The minimum atomic E-state index is 0.319. The van der Waals surface area contributed by atoms with E-state index < -0.39 is 0 Å². The summed E-state index contributed by atoms with van der Waals surface area (Å²) >= 11 is 0. The summed E-state index contributed by atoms with van der Waals surface area (Å²) in [5, 5.41) is 0. The number of rotatable bonds is 3. The first-order valence-electron chi connectivity index (χ1n) is 5.58. The molecule has 0 fully saturated rings. The van der Waals surface area contributed by atoms with Gasteiger partial charge in [0.2, 0.25) is 6.79 Å². The molecule has 0 spiro atoms. The normalized spacial score (nSPS) is 13.0. The molecule has 0 radical (unpaired) electrons. The lowest BCUT2D eigenvalue weighted by atomic mass is 10.2. The van der Waals surface area contributed by atoms with Crippen molar-refractivity contribution in [2.24, 2.45) is 5.73 Å². The summed E-state index contributed by atoms with van der Waals surface area (Å²) in [6.45, 7) is 1.71. The predicted octanol–water partition coefficient (Wildman–Crippen LogP) is 1.72. The lowest BCUT2D eigenvalue weighted by Gasteiger charge is -2.04. The average molecular weight is 230 g/mol. The van der Waals surface area contributed by atoms with Crippen LogP contribution in [0.25, 0.3) is 0 Å². The Bertz CT molecular complexity index is 534. The van der Waals surface area contributed by atoms with Crippen molar-refractivity contribution in [1.82, 2.24) is 4.57 Å². The Kier molecular flexibility index (Phi) is 2.49. The molecule has 0 bridgehead atoms. The summed E-state index contributed by atoms with van der Waals surface area (Å²) in [6, 6.07) is 8.05.